The van der Waals surface area contributed by atoms with Crippen LogP contribution in [-0.4, -0.2) is 241 Å². The Balaban J connectivity index is 0.788. The highest BCUT2D eigenvalue weighted by Crippen LogP contribution is 2.42. The van der Waals surface area contributed by atoms with E-state index in [0.29, 0.717) is 53.4 Å². The first kappa shape index (κ1) is 107. The fraction of sp³-hybridized carbons (Fsp3) is 0.886. The van der Waals surface area contributed by atoms with Gasteiger partial charge in [-0.25, -0.2) is 4.98 Å². The molecule has 8 saturated heterocycles. The molecule has 8 aliphatic heterocycles. The van der Waals surface area contributed by atoms with Crippen LogP contribution in [0.4, 0.5) is 41.6 Å². The maximum Gasteiger partial charge on any atom is 0.227 e. The van der Waals surface area contributed by atoms with E-state index in [2.05, 4.69) is 311 Å². The molecular formula is C105H193N29. The number of aryl methyl sites for hydroxylation is 2. The molecule has 0 aliphatic carbocycles. The molecule has 0 unspecified atom stereocenters. The standard InChI is InChI=1S/C105H193N29/c1-90(2)54-70(55-91(3,4)125-90)51-80-113-78(114-85(119-80)108-73-60-96(13,14)128-97(15,16)61-73)41-33-35-45-133(49-39-43-106-83-117-81(52-71-56-92(5,6)126-93(7,8)57-71)120-88(122-83)111-76-66-102(25,26)131-103(27,28)67-76)47-37-38-48-134(46-36-34-42-79-115-86(109-74-62-98(17,18)129-99(19,20)63-74)124-87(116-79)110-75-64-100(21,22)130-101(23,24)65-75)50-40-44-107-84-118-82(53-72-58-94(9,10)127-95(11,12)59-72)121-89(123-84)112-77-68-104(29,30)132-105(31,32)69-77/h70-77,125-132H,33-69H2,1-32H3,(H,108,113,114,119)(H2,106,111,117,120,122)(H2,107,112,118,121,123)(H2,109,110,115,116,124). The summed E-state index contributed by atoms with van der Waals surface area (Å²) in [7, 11) is 0. The number of hydrogen-bond acceptors (Lipinski definition) is 29. The number of nitrogens with one attached hydrogen (secondary N) is 15. The van der Waals surface area contributed by atoms with Gasteiger partial charge in [-0.2, -0.15) is 54.8 Å². The van der Waals surface area contributed by atoms with E-state index in [0.717, 1.165) is 274 Å². The lowest BCUT2D eigenvalue weighted by Crippen LogP contribution is -2.60. The molecule has 0 aromatic carbocycles. The van der Waals surface area contributed by atoms with Gasteiger partial charge < -0.3 is 89.6 Å². The number of rotatable bonds is 41. The first-order valence-electron chi connectivity index (χ1n) is 52.8. The SMILES string of the molecule is CC1(C)CC(Cc2nc(CCCCN(CCCCN(CCCCc3nc(NC4CC(C)(C)NC(C)(C)C4)nc(NC4CC(C)(C)NC(C)(C)C4)n3)CCCNc3nc(CC4CC(C)(C)NC(C)(C)C4)nc(NC4CC(C)(C)NC(C)(C)C4)n3)CCCNc3nc(CC4CC(C)(C)NC(C)(C)C4)nc(NC4CC(C)(C)NC(C)(C)C4)n3)nc(NC3CC(C)(C)NC(C)(C)C3)n2)CC(C)(C)N1. The van der Waals surface area contributed by atoms with Crippen molar-refractivity contribution in [1.82, 2.24) is 112 Å². The third kappa shape index (κ3) is 35.2. The molecule has 0 saturated carbocycles. The quantitative estimate of drug-likeness (QED) is 0.0184. The van der Waals surface area contributed by atoms with Crippen molar-refractivity contribution >= 4 is 41.6 Å². The maximum atomic E-state index is 5.38. The number of hydrogen-bond donors (Lipinski definition) is 15. The van der Waals surface area contributed by atoms with Crippen LogP contribution in [0.3, 0.4) is 0 Å². The minimum absolute atomic E-state index is 0.00610. The van der Waals surface area contributed by atoms with E-state index in [1.807, 2.05) is 0 Å². The summed E-state index contributed by atoms with van der Waals surface area (Å²) in [4.78, 5) is 68.7. The van der Waals surface area contributed by atoms with Crippen LogP contribution in [0.15, 0.2) is 0 Å². The summed E-state index contributed by atoms with van der Waals surface area (Å²) in [6.45, 7) is 81.6. The Morgan fingerprint density at radius 1 is 0.201 bits per heavy atom. The molecule has 4 aromatic rings. The lowest BCUT2D eigenvalue weighted by Gasteiger charge is -2.47. The van der Waals surface area contributed by atoms with Crippen LogP contribution in [0.25, 0.3) is 0 Å². The highest BCUT2D eigenvalue weighted by atomic mass is 15.3. The zero-order valence-corrected chi connectivity index (χ0v) is 90.5. The largest absolute Gasteiger partial charge is 0.354 e. The van der Waals surface area contributed by atoms with E-state index >= 15 is 0 Å². The van der Waals surface area contributed by atoms with Gasteiger partial charge in [0.15, 0.2) is 0 Å². The molecule has 4 aromatic heterocycles. The highest BCUT2D eigenvalue weighted by molar-refractivity contribution is 5.40. The van der Waals surface area contributed by atoms with Crippen LogP contribution < -0.4 is 79.8 Å². The summed E-state index contributed by atoms with van der Waals surface area (Å²) >= 11 is 0. The number of unbranched alkanes of at least 4 members (excludes halogenated alkanes) is 3. The zero-order valence-electron chi connectivity index (χ0n) is 90.5. The number of anilines is 7. The van der Waals surface area contributed by atoms with Gasteiger partial charge in [-0.1, -0.05) is 0 Å². The second kappa shape index (κ2) is 41.8. The fourth-order valence-corrected chi connectivity index (χ4v) is 28.1. The average Bonchev–Trinajstić information content (AvgIpc) is 0.805. The lowest BCUT2D eigenvalue weighted by atomic mass is 9.74. The summed E-state index contributed by atoms with van der Waals surface area (Å²) in [5.74, 6) is 10.4. The topological polar surface area (TPSA) is 342 Å². The second-order valence-electron chi connectivity index (χ2n) is 54.4. The maximum absolute atomic E-state index is 5.38. The summed E-state index contributed by atoms with van der Waals surface area (Å²) in [5, 5.41) is 58.2. The minimum Gasteiger partial charge on any atom is -0.354 e. The fourth-order valence-electron chi connectivity index (χ4n) is 28.1. The molecule has 29 heteroatoms. The molecule has 8 fully saturated rings. The predicted octanol–water partition coefficient (Wildman–Crippen LogP) is 17.1. The Labute approximate surface area is 812 Å². The summed E-state index contributed by atoms with van der Waals surface area (Å²) < 4.78 is 0. The van der Waals surface area contributed by atoms with E-state index < -0.39 is 0 Å². The smallest absolute Gasteiger partial charge is 0.227 e. The van der Waals surface area contributed by atoms with Crippen molar-refractivity contribution in [3.8, 4) is 0 Å². The number of nitrogens with zero attached hydrogens (tertiary/aromatic N) is 14. The van der Waals surface area contributed by atoms with Crippen molar-refractivity contribution in [2.24, 2.45) is 17.8 Å². The van der Waals surface area contributed by atoms with Crippen molar-refractivity contribution in [1.29, 1.82) is 0 Å². The van der Waals surface area contributed by atoms with Gasteiger partial charge in [0.2, 0.25) is 41.6 Å². The molecule has 29 nitrogen and oxygen atoms in total. The monoisotopic (exact) mass is 1860 g/mol. The van der Waals surface area contributed by atoms with Crippen LogP contribution in [-0.2, 0) is 32.1 Å². The summed E-state index contributed by atoms with van der Waals surface area (Å²) in [6.07, 6.45) is 28.0. The molecule has 0 amide bonds. The first-order chi connectivity index (χ1) is 61.8. The molecule has 12 heterocycles. The Kier molecular flexibility index (Phi) is 33.4. The third-order valence-electron chi connectivity index (χ3n) is 28.9. The predicted molar refractivity (Wildman–Crippen MR) is 556 cm³/mol. The Morgan fingerprint density at radius 2 is 0.373 bits per heavy atom. The molecule has 0 bridgehead atoms. The normalized spacial score (nSPS) is 24.7. The van der Waals surface area contributed by atoms with Gasteiger partial charge in [0.1, 0.15) is 29.1 Å². The first-order valence-corrected chi connectivity index (χ1v) is 52.8. The molecule has 0 radical (unpaired) electrons. The van der Waals surface area contributed by atoms with Gasteiger partial charge in [0, 0.05) is 164 Å². The molecule has 12 rings (SSSR count). The van der Waals surface area contributed by atoms with Crippen LogP contribution in [0.2, 0.25) is 0 Å². The Bertz CT molecular complexity index is 3550. The Morgan fingerprint density at radius 3 is 0.612 bits per heavy atom. The zero-order chi connectivity index (χ0) is 98.0. The molecule has 134 heavy (non-hydrogen) atoms. The van der Waals surface area contributed by atoms with Gasteiger partial charge >= 0.3 is 0 Å². The molecule has 15 N–H and O–H groups in total. The molecule has 758 valence electrons. The average molecular weight is 1860 g/mol. The van der Waals surface area contributed by atoms with Crippen LogP contribution in [0, 0.1) is 17.8 Å². The Hall–Kier alpha value is -5.76. The van der Waals surface area contributed by atoms with Gasteiger partial charge in [0.05, 0.1) is 0 Å². The van der Waals surface area contributed by atoms with Crippen LogP contribution >= 0.6 is 0 Å². The minimum atomic E-state index is -0.0422. The van der Waals surface area contributed by atoms with Crippen molar-refractivity contribution in [2.45, 2.75) is 527 Å². The van der Waals surface area contributed by atoms with E-state index in [-0.39, 0.29) is 119 Å². The van der Waals surface area contributed by atoms with Crippen molar-refractivity contribution in [3.05, 3.63) is 29.1 Å². The molecular weight excluding hydrogens is 1670 g/mol. The second-order valence-corrected chi connectivity index (χ2v) is 54.4. The van der Waals surface area contributed by atoms with Crippen molar-refractivity contribution in [2.75, 3.05) is 89.6 Å². The van der Waals surface area contributed by atoms with Crippen LogP contribution in [0.1, 0.15) is 405 Å². The number of aromatic nitrogens is 12. The van der Waals surface area contributed by atoms with E-state index in [4.69, 9.17) is 59.8 Å². The van der Waals surface area contributed by atoms with Gasteiger partial charge in [0.25, 0.3) is 0 Å². The van der Waals surface area contributed by atoms with E-state index in [1.54, 1.807) is 0 Å². The summed E-state index contributed by atoms with van der Waals surface area (Å²) in [6, 6.07) is 1.06. The third-order valence-corrected chi connectivity index (χ3v) is 28.9. The van der Waals surface area contributed by atoms with Gasteiger partial charge in [-0.05, 0) is 433 Å². The van der Waals surface area contributed by atoms with E-state index in [9.17, 15) is 0 Å². The van der Waals surface area contributed by atoms with Crippen molar-refractivity contribution < 1.29 is 0 Å². The lowest BCUT2D eigenvalue weighted by molar-refractivity contribution is 0.127. The highest BCUT2D eigenvalue weighted by Gasteiger charge is 2.47. The van der Waals surface area contributed by atoms with Crippen LogP contribution in [0.5, 0.6) is 0 Å². The molecule has 0 spiro atoms. The van der Waals surface area contributed by atoms with E-state index in [1.165, 1.54) is 0 Å². The van der Waals surface area contributed by atoms with Gasteiger partial charge in [-0.15, -0.1) is 0 Å². The molecule has 0 atom stereocenters. The molecule has 8 aliphatic rings. The van der Waals surface area contributed by atoms with Crippen molar-refractivity contribution in [3.63, 3.8) is 0 Å². The number of piperidine rings is 8. The summed E-state index contributed by atoms with van der Waals surface area (Å²) in [5.41, 5.74) is -0.323. The van der Waals surface area contributed by atoms with Gasteiger partial charge in [-0.3, -0.25) is 0 Å².